The van der Waals surface area contributed by atoms with Crippen LogP contribution in [0.1, 0.15) is 17.9 Å². The fourth-order valence-electron chi connectivity index (χ4n) is 2.59. The maximum atomic E-state index is 12.1. The van der Waals surface area contributed by atoms with E-state index in [1.165, 1.54) is 5.56 Å². The van der Waals surface area contributed by atoms with Gasteiger partial charge >= 0.3 is 0 Å². The number of nitrogens with two attached hydrogens (primary N) is 1. The third-order valence-electron chi connectivity index (χ3n) is 3.71. The summed E-state index contributed by atoms with van der Waals surface area (Å²) >= 11 is 6.01. The van der Waals surface area contributed by atoms with Crippen LogP contribution in [0.5, 0.6) is 0 Å². The molecule has 1 aromatic rings. The predicted molar refractivity (Wildman–Crippen MR) is 84.3 cm³/mol. The molecule has 1 aliphatic rings. The van der Waals surface area contributed by atoms with Crippen LogP contribution in [0.15, 0.2) is 36.4 Å². The van der Waals surface area contributed by atoms with Gasteiger partial charge in [0.25, 0.3) is 0 Å². The summed E-state index contributed by atoms with van der Waals surface area (Å²) in [6, 6.07) is 7.80. The van der Waals surface area contributed by atoms with Crippen LogP contribution < -0.4 is 11.1 Å². The first-order valence-corrected chi connectivity index (χ1v) is 7.46. The van der Waals surface area contributed by atoms with Gasteiger partial charge < -0.3 is 15.8 Å². The van der Waals surface area contributed by atoms with E-state index in [1.54, 1.807) is 7.11 Å². The van der Waals surface area contributed by atoms with Crippen LogP contribution in [0.25, 0.3) is 0 Å². The third-order valence-corrected chi connectivity index (χ3v) is 3.95. The molecule has 1 amide bonds. The zero-order valence-corrected chi connectivity index (χ0v) is 12.8. The van der Waals surface area contributed by atoms with Crippen LogP contribution in [-0.2, 0) is 9.53 Å². The number of carbonyl (C=O) groups excluding carboxylic acids is 1. The monoisotopic (exact) mass is 308 g/mol. The summed E-state index contributed by atoms with van der Waals surface area (Å²) < 4.78 is 5.38. The van der Waals surface area contributed by atoms with Crippen molar-refractivity contribution in [2.75, 3.05) is 20.2 Å². The number of methoxy groups -OCH3 is 1. The van der Waals surface area contributed by atoms with E-state index in [4.69, 9.17) is 22.1 Å². The Bertz CT molecular complexity index is 519. The molecule has 0 aromatic heterocycles. The zero-order valence-electron chi connectivity index (χ0n) is 12.1. The normalized spacial score (nSPS) is 22.2. The first-order chi connectivity index (χ1) is 10.2. The number of hydrogen-bond donors (Lipinski definition) is 2. The average molecular weight is 309 g/mol. The lowest BCUT2D eigenvalue weighted by Crippen LogP contribution is -2.37. The fraction of sp³-hybridized carbons (Fsp3) is 0.438. The Kier molecular flexibility index (Phi) is 5.79. The van der Waals surface area contributed by atoms with Crippen molar-refractivity contribution in [3.8, 4) is 0 Å². The van der Waals surface area contributed by atoms with Crippen LogP contribution in [0.4, 0.5) is 0 Å². The van der Waals surface area contributed by atoms with Crippen molar-refractivity contribution >= 4 is 17.5 Å². The van der Waals surface area contributed by atoms with Crippen LogP contribution in [-0.4, -0.2) is 32.2 Å². The standard InChI is InChI=1S/C16H21ClN2O2/c1-21-15(16(20)19-8-3-2-7-18)14-10-13(14)11-5-4-6-12(17)9-11/h2-6,9,13-15H,7-8,10,18H2,1H3,(H,19,20)/b3-2+/t13-,14-,15+/m1/s1. The van der Waals surface area contributed by atoms with Gasteiger partial charge in [-0.3, -0.25) is 4.79 Å². The zero-order chi connectivity index (χ0) is 15.2. The molecule has 2 rings (SSSR count). The molecular formula is C16H21ClN2O2. The van der Waals surface area contributed by atoms with Gasteiger partial charge in [-0.15, -0.1) is 0 Å². The van der Waals surface area contributed by atoms with Gasteiger partial charge in [-0.25, -0.2) is 0 Å². The Morgan fingerprint density at radius 2 is 2.38 bits per heavy atom. The average Bonchev–Trinajstić information content (AvgIpc) is 3.25. The number of nitrogens with one attached hydrogen (secondary N) is 1. The second-order valence-electron chi connectivity index (χ2n) is 5.17. The van der Waals surface area contributed by atoms with Gasteiger partial charge in [-0.1, -0.05) is 35.9 Å². The van der Waals surface area contributed by atoms with Gasteiger partial charge in [0.1, 0.15) is 6.10 Å². The van der Waals surface area contributed by atoms with E-state index >= 15 is 0 Å². The first kappa shape index (κ1) is 16.0. The van der Waals surface area contributed by atoms with E-state index in [9.17, 15) is 4.79 Å². The van der Waals surface area contributed by atoms with E-state index in [0.717, 1.165) is 11.4 Å². The molecule has 0 unspecified atom stereocenters. The lowest BCUT2D eigenvalue weighted by Gasteiger charge is -2.14. The molecule has 0 heterocycles. The summed E-state index contributed by atoms with van der Waals surface area (Å²) in [6.07, 6.45) is 4.19. The van der Waals surface area contributed by atoms with Crippen molar-refractivity contribution in [1.29, 1.82) is 0 Å². The second-order valence-corrected chi connectivity index (χ2v) is 5.61. The molecule has 4 nitrogen and oxygen atoms in total. The van der Waals surface area contributed by atoms with Crippen molar-refractivity contribution in [2.24, 2.45) is 11.7 Å². The number of ether oxygens (including phenoxy) is 1. The number of carbonyl (C=O) groups is 1. The molecule has 0 saturated heterocycles. The SMILES string of the molecule is CO[C@H](C(=O)NC/C=C/CN)[C@@H]1C[C@@H]1c1cccc(Cl)c1. The quantitative estimate of drug-likeness (QED) is 0.758. The van der Waals surface area contributed by atoms with Crippen molar-refractivity contribution in [3.05, 3.63) is 47.0 Å². The highest BCUT2D eigenvalue weighted by atomic mass is 35.5. The second kappa shape index (κ2) is 7.59. The molecule has 0 radical (unpaired) electrons. The number of hydrogen-bond acceptors (Lipinski definition) is 3. The molecule has 1 aliphatic carbocycles. The smallest absolute Gasteiger partial charge is 0.249 e. The summed E-state index contributed by atoms with van der Waals surface area (Å²) in [6.45, 7) is 0.952. The van der Waals surface area contributed by atoms with E-state index < -0.39 is 6.10 Å². The highest BCUT2D eigenvalue weighted by Crippen LogP contribution is 2.50. The van der Waals surface area contributed by atoms with Crippen LogP contribution in [0, 0.1) is 5.92 Å². The molecule has 0 aliphatic heterocycles. The molecular weight excluding hydrogens is 288 g/mol. The molecule has 0 spiro atoms. The molecule has 114 valence electrons. The van der Waals surface area contributed by atoms with Crippen molar-refractivity contribution in [1.82, 2.24) is 5.32 Å². The largest absolute Gasteiger partial charge is 0.371 e. The van der Waals surface area contributed by atoms with E-state index in [-0.39, 0.29) is 11.8 Å². The maximum absolute atomic E-state index is 12.1. The molecule has 5 heteroatoms. The van der Waals surface area contributed by atoms with Crippen molar-refractivity contribution < 1.29 is 9.53 Å². The molecule has 1 aromatic carbocycles. The van der Waals surface area contributed by atoms with E-state index in [2.05, 4.69) is 5.32 Å². The molecule has 0 bridgehead atoms. The Labute approximate surface area is 130 Å². The summed E-state index contributed by atoms with van der Waals surface area (Å²) in [5, 5.41) is 3.57. The highest BCUT2D eigenvalue weighted by molar-refractivity contribution is 6.30. The maximum Gasteiger partial charge on any atom is 0.249 e. The van der Waals surface area contributed by atoms with Gasteiger partial charge in [0, 0.05) is 31.1 Å². The van der Waals surface area contributed by atoms with Gasteiger partial charge in [0.05, 0.1) is 0 Å². The molecule has 1 fully saturated rings. The Morgan fingerprint density at radius 3 is 3.05 bits per heavy atom. The third kappa shape index (κ3) is 4.30. The van der Waals surface area contributed by atoms with Crippen molar-refractivity contribution in [2.45, 2.75) is 18.4 Å². The fourth-order valence-corrected chi connectivity index (χ4v) is 2.78. The van der Waals surface area contributed by atoms with Crippen LogP contribution >= 0.6 is 11.6 Å². The molecule has 3 atom stereocenters. The van der Waals surface area contributed by atoms with Gasteiger partial charge in [-0.2, -0.15) is 0 Å². The Balaban J connectivity index is 1.91. The lowest BCUT2D eigenvalue weighted by atomic mass is 10.1. The van der Waals surface area contributed by atoms with Crippen molar-refractivity contribution in [3.63, 3.8) is 0 Å². The number of amides is 1. The minimum absolute atomic E-state index is 0.0753. The van der Waals surface area contributed by atoms with Gasteiger partial charge in [-0.05, 0) is 30.0 Å². The summed E-state index contributed by atoms with van der Waals surface area (Å²) in [5.41, 5.74) is 6.52. The number of benzene rings is 1. The Hall–Kier alpha value is -1.36. The molecule has 1 saturated carbocycles. The summed E-state index contributed by atoms with van der Waals surface area (Å²) in [5.74, 6) is 0.486. The lowest BCUT2D eigenvalue weighted by molar-refractivity contribution is -0.132. The number of rotatable bonds is 7. The van der Waals surface area contributed by atoms with E-state index in [0.29, 0.717) is 19.0 Å². The summed E-state index contributed by atoms with van der Waals surface area (Å²) in [4.78, 5) is 12.1. The van der Waals surface area contributed by atoms with Crippen LogP contribution in [0.3, 0.4) is 0 Å². The van der Waals surface area contributed by atoms with Crippen LogP contribution in [0.2, 0.25) is 5.02 Å². The Morgan fingerprint density at radius 1 is 1.57 bits per heavy atom. The first-order valence-electron chi connectivity index (χ1n) is 7.08. The molecule has 21 heavy (non-hydrogen) atoms. The van der Waals surface area contributed by atoms with E-state index in [1.807, 2.05) is 36.4 Å². The van der Waals surface area contributed by atoms with Gasteiger partial charge in [0.15, 0.2) is 0 Å². The topological polar surface area (TPSA) is 64.3 Å². The van der Waals surface area contributed by atoms with Gasteiger partial charge in [0.2, 0.25) is 5.91 Å². The highest BCUT2D eigenvalue weighted by Gasteiger charge is 2.47. The number of halogens is 1. The predicted octanol–water partition coefficient (Wildman–Crippen LogP) is 2.09. The summed E-state index contributed by atoms with van der Waals surface area (Å²) in [7, 11) is 1.58. The minimum atomic E-state index is -0.416. The molecule has 3 N–H and O–H groups in total. The minimum Gasteiger partial charge on any atom is -0.371 e.